The van der Waals surface area contributed by atoms with Crippen LogP contribution in [0.4, 0.5) is 0 Å². The van der Waals surface area contributed by atoms with E-state index < -0.39 is 9.84 Å². The molecule has 0 amide bonds. The van der Waals surface area contributed by atoms with Crippen molar-refractivity contribution in [3.63, 3.8) is 0 Å². The Kier molecular flexibility index (Phi) is 6.95. The molecule has 0 atom stereocenters. The molecular formula is C22H37NO2S. The van der Waals surface area contributed by atoms with Gasteiger partial charge in [0.05, 0.1) is 10.1 Å². The molecule has 0 aromatic heterocycles. The van der Waals surface area contributed by atoms with Crippen LogP contribution < -0.4 is 0 Å². The van der Waals surface area contributed by atoms with Crippen LogP contribution in [-0.2, 0) is 16.3 Å². The van der Waals surface area contributed by atoms with E-state index in [2.05, 4.69) is 38.7 Å². The summed E-state index contributed by atoms with van der Waals surface area (Å²) in [6.07, 6.45) is 3.50. The average Bonchev–Trinajstić information content (AvgIpc) is 2.54. The fourth-order valence-electron chi connectivity index (χ4n) is 4.10. The van der Waals surface area contributed by atoms with Crippen LogP contribution >= 0.6 is 0 Å². The minimum atomic E-state index is -3.21. The van der Waals surface area contributed by atoms with Crippen molar-refractivity contribution in [2.75, 3.05) is 19.6 Å². The normalized spacial score (nSPS) is 18.0. The Morgan fingerprint density at radius 2 is 1.73 bits per heavy atom. The minimum absolute atomic E-state index is 0.130. The van der Waals surface area contributed by atoms with Gasteiger partial charge in [-0.05, 0) is 81.1 Å². The lowest BCUT2D eigenvalue weighted by Gasteiger charge is -2.38. The lowest BCUT2D eigenvalue weighted by molar-refractivity contribution is 0.113. The van der Waals surface area contributed by atoms with E-state index in [4.69, 9.17) is 0 Å². The van der Waals surface area contributed by atoms with Crippen LogP contribution in [0.15, 0.2) is 29.2 Å². The second-order valence-corrected chi connectivity index (χ2v) is 11.9. The predicted molar refractivity (Wildman–Crippen MR) is 110 cm³/mol. The van der Waals surface area contributed by atoms with Crippen LogP contribution in [-0.4, -0.2) is 38.2 Å². The van der Waals surface area contributed by atoms with E-state index in [1.807, 2.05) is 12.1 Å². The first-order valence-electron chi connectivity index (χ1n) is 10.1. The SMILES string of the molecule is CC(C)C1CCN(CC(C)(C)Cc2cccc(S(=O)(=O)C(C)C)c2)CC1. The molecule has 26 heavy (non-hydrogen) atoms. The molecule has 1 heterocycles. The zero-order chi connectivity index (χ0) is 19.5. The molecule has 0 spiro atoms. The van der Waals surface area contributed by atoms with E-state index in [9.17, 15) is 8.42 Å². The molecule has 1 aliphatic rings. The summed E-state index contributed by atoms with van der Waals surface area (Å²) in [5.74, 6) is 1.66. The number of rotatable bonds is 7. The predicted octanol–water partition coefficient (Wildman–Crippen LogP) is 4.81. The van der Waals surface area contributed by atoms with Crippen molar-refractivity contribution in [2.24, 2.45) is 17.3 Å². The summed E-state index contributed by atoms with van der Waals surface area (Å²) in [7, 11) is -3.21. The molecule has 1 aromatic carbocycles. The molecule has 148 valence electrons. The van der Waals surface area contributed by atoms with E-state index in [0.29, 0.717) is 4.90 Å². The number of piperidine rings is 1. The van der Waals surface area contributed by atoms with Crippen LogP contribution in [0.5, 0.6) is 0 Å². The molecule has 3 nitrogen and oxygen atoms in total. The molecule has 0 N–H and O–H groups in total. The van der Waals surface area contributed by atoms with Gasteiger partial charge in [-0.1, -0.05) is 39.8 Å². The Morgan fingerprint density at radius 3 is 2.27 bits per heavy atom. The van der Waals surface area contributed by atoms with Gasteiger partial charge in [-0.2, -0.15) is 0 Å². The second kappa shape index (κ2) is 8.43. The fourth-order valence-corrected chi connectivity index (χ4v) is 5.22. The van der Waals surface area contributed by atoms with Crippen molar-refractivity contribution in [1.82, 2.24) is 4.90 Å². The number of nitrogens with zero attached hydrogens (tertiary/aromatic N) is 1. The standard InChI is InChI=1S/C22H37NO2S/c1-17(2)20-10-12-23(13-11-20)16-22(5,6)15-19-8-7-9-21(14-19)26(24,25)18(3)4/h7-9,14,17-18,20H,10-13,15-16H2,1-6H3. The Morgan fingerprint density at radius 1 is 1.12 bits per heavy atom. The Labute approximate surface area is 161 Å². The number of hydrogen-bond donors (Lipinski definition) is 0. The minimum Gasteiger partial charge on any atom is -0.303 e. The number of sulfone groups is 1. The topological polar surface area (TPSA) is 37.4 Å². The first kappa shape index (κ1) is 21.4. The Bertz CT molecular complexity index is 684. The smallest absolute Gasteiger partial charge is 0.180 e. The fraction of sp³-hybridized carbons (Fsp3) is 0.727. The first-order chi connectivity index (χ1) is 12.0. The van der Waals surface area contributed by atoms with Gasteiger partial charge in [0.25, 0.3) is 0 Å². The summed E-state index contributed by atoms with van der Waals surface area (Å²) in [5, 5.41) is -0.381. The van der Waals surface area contributed by atoms with Crippen molar-refractivity contribution in [3.8, 4) is 0 Å². The molecule has 1 saturated heterocycles. The maximum atomic E-state index is 12.4. The molecule has 0 bridgehead atoms. The highest BCUT2D eigenvalue weighted by atomic mass is 32.2. The highest BCUT2D eigenvalue weighted by Crippen LogP contribution is 2.29. The molecule has 0 saturated carbocycles. The molecule has 0 radical (unpaired) electrons. The van der Waals surface area contributed by atoms with E-state index in [1.54, 1.807) is 19.9 Å². The molecule has 0 unspecified atom stereocenters. The van der Waals surface area contributed by atoms with Crippen LogP contribution in [0.1, 0.15) is 59.9 Å². The van der Waals surface area contributed by atoms with Gasteiger partial charge in [-0.3, -0.25) is 0 Å². The second-order valence-electron chi connectivity index (χ2n) is 9.44. The Hall–Kier alpha value is -0.870. The molecule has 4 heteroatoms. The molecule has 1 aliphatic heterocycles. The Balaban J connectivity index is 2.01. The third-order valence-electron chi connectivity index (χ3n) is 5.76. The molecule has 2 rings (SSSR count). The van der Waals surface area contributed by atoms with E-state index in [-0.39, 0.29) is 10.7 Å². The largest absolute Gasteiger partial charge is 0.303 e. The summed E-state index contributed by atoms with van der Waals surface area (Å²) < 4.78 is 24.9. The van der Waals surface area contributed by atoms with Crippen molar-refractivity contribution < 1.29 is 8.42 Å². The van der Waals surface area contributed by atoms with Crippen molar-refractivity contribution in [2.45, 2.75) is 71.0 Å². The van der Waals surface area contributed by atoms with Gasteiger partial charge < -0.3 is 4.90 Å². The van der Waals surface area contributed by atoms with E-state index >= 15 is 0 Å². The number of benzene rings is 1. The van der Waals surface area contributed by atoms with Gasteiger partial charge >= 0.3 is 0 Å². The summed E-state index contributed by atoms with van der Waals surface area (Å²) >= 11 is 0. The summed E-state index contributed by atoms with van der Waals surface area (Å²) in [6.45, 7) is 16.2. The molecular weight excluding hydrogens is 342 g/mol. The highest BCUT2D eigenvalue weighted by Gasteiger charge is 2.27. The third kappa shape index (κ3) is 5.56. The lowest BCUT2D eigenvalue weighted by Crippen LogP contribution is -2.41. The van der Waals surface area contributed by atoms with Crippen molar-refractivity contribution in [1.29, 1.82) is 0 Å². The number of likely N-dealkylation sites (tertiary alicyclic amines) is 1. The van der Waals surface area contributed by atoms with Crippen molar-refractivity contribution >= 4 is 9.84 Å². The van der Waals surface area contributed by atoms with Gasteiger partial charge in [-0.15, -0.1) is 0 Å². The monoisotopic (exact) mass is 379 g/mol. The van der Waals surface area contributed by atoms with Gasteiger partial charge in [0, 0.05) is 6.54 Å². The summed E-state index contributed by atoms with van der Waals surface area (Å²) in [6, 6.07) is 7.55. The maximum absolute atomic E-state index is 12.4. The third-order valence-corrected chi connectivity index (χ3v) is 7.91. The van der Waals surface area contributed by atoms with Crippen LogP contribution in [0.25, 0.3) is 0 Å². The quantitative estimate of drug-likeness (QED) is 0.682. The van der Waals surface area contributed by atoms with E-state index in [1.165, 1.54) is 25.9 Å². The van der Waals surface area contributed by atoms with Crippen LogP contribution in [0.2, 0.25) is 0 Å². The zero-order valence-electron chi connectivity index (χ0n) is 17.5. The van der Waals surface area contributed by atoms with Crippen molar-refractivity contribution in [3.05, 3.63) is 29.8 Å². The van der Waals surface area contributed by atoms with E-state index in [0.717, 1.165) is 30.4 Å². The van der Waals surface area contributed by atoms with Gasteiger partial charge in [0.15, 0.2) is 9.84 Å². The summed E-state index contributed by atoms with van der Waals surface area (Å²) in [4.78, 5) is 3.05. The molecule has 1 fully saturated rings. The lowest BCUT2D eigenvalue weighted by atomic mass is 9.82. The zero-order valence-corrected chi connectivity index (χ0v) is 18.3. The highest BCUT2D eigenvalue weighted by molar-refractivity contribution is 7.92. The van der Waals surface area contributed by atoms with Gasteiger partial charge in [0.1, 0.15) is 0 Å². The average molecular weight is 380 g/mol. The first-order valence-corrected chi connectivity index (χ1v) is 11.6. The molecule has 1 aromatic rings. The maximum Gasteiger partial charge on any atom is 0.180 e. The summed E-state index contributed by atoms with van der Waals surface area (Å²) in [5.41, 5.74) is 1.25. The number of hydrogen-bond acceptors (Lipinski definition) is 3. The van der Waals surface area contributed by atoms with Gasteiger partial charge in [-0.25, -0.2) is 8.42 Å². The van der Waals surface area contributed by atoms with Crippen LogP contribution in [0.3, 0.4) is 0 Å². The molecule has 0 aliphatic carbocycles. The van der Waals surface area contributed by atoms with Gasteiger partial charge in [0.2, 0.25) is 0 Å². The van der Waals surface area contributed by atoms with Crippen LogP contribution in [0, 0.1) is 17.3 Å².